The highest BCUT2D eigenvalue weighted by molar-refractivity contribution is 6.05. The van der Waals surface area contributed by atoms with E-state index in [-0.39, 0.29) is 39.3 Å². The summed E-state index contributed by atoms with van der Waals surface area (Å²) in [7, 11) is 6.65. The first kappa shape index (κ1) is 30.0. The van der Waals surface area contributed by atoms with Gasteiger partial charge in [0.15, 0.2) is 0 Å². The van der Waals surface area contributed by atoms with E-state index in [0.717, 1.165) is 18.2 Å². The molecule has 6 nitrogen and oxygen atoms in total. The summed E-state index contributed by atoms with van der Waals surface area (Å²) in [5.74, 6) is -2.54. The van der Waals surface area contributed by atoms with Crippen LogP contribution in [-0.2, 0) is 6.18 Å². The van der Waals surface area contributed by atoms with E-state index in [0.29, 0.717) is 5.69 Å². The molecule has 0 atom stereocenters. The number of hydrogen-bond donors (Lipinski definition) is 2. The number of nitrogens with zero attached hydrogens (tertiary/aromatic N) is 2. The summed E-state index contributed by atoms with van der Waals surface area (Å²) in [6.07, 6.45) is -4.80. The van der Waals surface area contributed by atoms with Crippen LogP contribution in [0.3, 0.4) is 0 Å². The second kappa shape index (κ2) is 11.9. The van der Waals surface area contributed by atoms with Gasteiger partial charge < -0.3 is 20.4 Å². The average Bonchev–Trinajstić information content (AvgIpc) is 2.92. The molecule has 0 bridgehead atoms. The van der Waals surface area contributed by atoms with E-state index in [1.807, 2.05) is 0 Å². The Morgan fingerprint density at radius 2 is 1.07 bits per heavy atom. The zero-order valence-electron chi connectivity index (χ0n) is 23.1. The molecule has 4 aromatic carbocycles. The van der Waals surface area contributed by atoms with Crippen LogP contribution in [-0.4, -0.2) is 40.0 Å². The topological polar surface area (TPSA) is 64.7 Å². The highest BCUT2D eigenvalue weighted by Gasteiger charge is 2.34. The Morgan fingerprint density at radius 3 is 1.50 bits per heavy atom. The summed E-state index contributed by atoms with van der Waals surface area (Å²) >= 11 is 0. The van der Waals surface area contributed by atoms with Gasteiger partial charge in [-0.25, -0.2) is 8.78 Å². The van der Waals surface area contributed by atoms with Gasteiger partial charge in [0.05, 0.1) is 16.9 Å². The molecule has 0 aliphatic heterocycles. The maximum absolute atomic E-state index is 14.3. The molecule has 0 spiro atoms. The molecular formula is C31H27F5N4O2. The van der Waals surface area contributed by atoms with Crippen molar-refractivity contribution >= 4 is 34.6 Å². The smallest absolute Gasteiger partial charge is 0.375 e. The quantitative estimate of drug-likeness (QED) is 0.225. The molecule has 0 aliphatic carbocycles. The van der Waals surface area contributed by atoms with E-state index in [4.69, 9.17) is 0 Å². The summed E-state index contributed by atoms with van der Waals surface area (Å²) in [4.78, 5) is 28.5. The van der Waals surface area contributed by atoms with Gasteiger partial charge in [0, 0.05) is 50.7 Å². The molecule has 0 heterocycles. The number of benzene rings is 4. The van der Waals surface area contributed by atoms with Gasteiger partial charge in [0.1, 0.15) is 11.6 Å². The first-order chi connectivity index (χ1) is 19.7. The number of halogens is 5. The van der Waals surface area contributed by atoms with Crippen molar-refractivity contribution in [2.75, 3.05) is 48.6 Å². The van der Waals surface area contributed by atoms with Gasteiger partial charge in [-0.2, -0.15) is 13.2 Å². The predicted molar refractivity (Wildman–Crippen MR) is 154 cm³/mol. The van der Waals surface area contributed by atoms with Crippen molar-refractivity contribution in [3.63, 3.8) is 0 Å². The summed E-state index contributed by atoms with van der Waals surface area (Å²) in [6, 6.07) is 16.7. The fourth-order valence-electron chi connectivity index (χ4n) is 4.27. The molecule has 42 heavy (non-hydrogen) atoms. The molecule has 0 radical (unpaired) electrons. The van der Waals surface area contributed by atoms with E-state index in [1.54, 1.807) is 38.0 Å². The van der Waals surface area contributed by atoms with Gasteiger partial charge in [-0.05, 0) is 71.8 Å². The van der Waals surface area contributed by atoms with Crippen molar-refractivity contribution in [2.24, 2.45) is 0 Å². The van der Waals surface area contributed by atoms with Crippen LogP contribution in [0.4, 0.5) is 44.7 Å². The molecule has 0 saturated carbocycles. The molecule has 2 amide bonds. The molecule has 4 rings (SSSR count). The lowest BCUT2D eigenvalue weighted by atomic mass is 9.96. The van der Waals surface area contributed by atoms with Gasteiger partial charge in [-0.15, -0.1) is 0 Å². The third kappa shape index (κ3) is 6.68. The minimum atomic E-state index is -4.80. The number of nitrogens with one attached hydrogen (secondary N) is 2. The fraction of sp³-hybridized carbons (Fsp3) is 0.161. The van der Waals surface area contributed by atoms with Crippen molar-refractivity contribution in [2.45, 2.75) is 6.18 Å². The lowest BCUT2D eigenvalue weighted by Crippen LogP contribution is -2.16. The monoisotopic (exact) mass is 582 g/mol. The number of carbonyl (C=O) groups is 2. The normalized spacial score (nSPS) is 11.2. The minimum absolute atomic E-state index is 0.0889. The Kier molecular flexibility index (Phi) is 8.51. The van der Waals surface area contributed by atoms with Crippen LogP contribution >= 0.6 is 0 Å². The summed E-state index contributed by atoms with van der Waals surface area (Å²) < 4.78 is 70.7. The van der Waals surface area contributed by atoms with E-state index in [2.05, 4.69) is 10.6 Å². The first-order valence-electron chi connectivity index (χ1n) is 12.6. The highest BCUT2D eigenvalue weighted by Crippen LogP contribution is 2.38. The Labute approximate surface area is 239 Å². The number of amides is 2. The largest absolute Gasteiger partial charge is 0.417 e. The SMILES string of the molecule is CN(C)c1ccc(NC(=O)c2ccc(-c3ccc(C(=O)Nc4ccc(N(C)C)c(F)c4)cc3C(F)(F)F)cc2)cc1F. The highest BCUT2D eigenvalue weighted by atomic mass is 19.4. The number of carbonyl (C=O) groups excluding carboxylic acids is 2. The minimum Gasteiger partial charge on any atom is -0.375 e. The zero-order chi connectivity index (χ0) is 30.8. The van der Waals surface area contributed by atoms with Gasteiger partial charge in [-0.3, -0.25) is 9.59 Å². The van der Waals surface area contributed by atoms with Gasteiger partial charge in [0.2, 0.25) is 0 Å². The molecule has 2 N–H and O–H groups in total. The maximum atomic E-state index is 14.3. The van der Waals surface area contributed by atoms with E-state index >= 15 is 0 Å². The molecular weight excluding hydrogens is 555 g/mol. The van der Waals surface area contributed by atoms with Crippen LogP contribution in [0.25, 0.3) is 11.1 Å². The summed E-state index contributed by atoms with van der Waals surface area (Å²) in [5.41, 5.74) is -0.288. The maximum Gasteiger partial charge on any atom is 0.417 e. The number of alkyl halides is 3. The van der Waals surface area contributed by atoms with Crippen LogP contribution in [0.1, 0.15) is 26.3 Å². The lowest BCUT2D eigenvalue weighted by molar-refractivity contribution is -0.137. The second-order valence-electron chi connectivity index (χ2n) is 9.86. The van der Waals surface area contributed by atoms with Crippen molar-refractivity contribution in [3.05, 3.63) is 107 Å². The van der Waals surface area contributed by atoms with Crippen LogP contribution < -0.4 is 20.4 Å². The van der Waals surface area contributed by atoms with Crippen molar-refractivity contribution in [1.29, 1.82) is 0 Å². The molecule has 218 valence electrons. The molecule has 0 fully saturated rings. The molecule has 0 aliphatic rings. The summed E-state index contributed by atoms with van der Waals surface area (Å²) in [5, 5.41) is 4.98. The van der Waals surface area contributed by atoms with Crippen molar-refractivity contribution in [1.82, 2.24) is 0 Å². The van der Waals surface area contributed by atoms with Crippen LogP contribution in [0.15, 0.2) is 78.9 Å². The Bertz CT molecular complexity index is 1630. The molecule has 11 heteroatoms. The van der Waals surface area contributed by atoms with E-state index in [9.17, 15) is 31.5 Å². The molecule has 0 saturated heterocycles. The number of anilines is 4. The third-order valence-corrected chi connectivity index (χ3v) is 6.42. The van der Waals surface area contributed by atoms with Crippen molar-refractivity contribution < 1.29 is 31.5 Å². The second-order valence-corrected chi connectivity index (χ2v) is 9.86. The third-order valence-electron chi connectivity index (χ3n) is 6.42. The Balaban J connectivity index is 1.55. The fourth-order valence-corrected chi connectivity index (χ4v) is 4.27. The zero-order valence-corrected chi connectivity index (χ0v) is 23.1. The average molecular weight is 583 g/mol. The van der Waals surface area contributed by atoms with Gasteiger partial charge in [0.25, 0.3) is 11.8 Å². The first-order valence-corrected chi connectivity index (χ1v) is 12.6. The Morgan fingerprint density at radius 1 is 0.619 bits per heavy atom. The Hall–Kier alpha value is -4.93. The van der Waals surface area contributed by atoms with E-state index in [1.165, 1.54) is 60.7 Å². The number of rotatable bonds is 7. The van der Waals surface area contributed by atoms with Gasteiger partial charge >= 0.3 is 6.18 Å². The lowest BCUT2D eigenvalue weighted by Gasteiger charge is -2.16. The standard InChI is InChI=1S/C31H27F5N4O2/c1-39(2)27-13-10-21(16-25(27)32)37-29(41)19-7-5-18(6-8-19)23-12-9-20(15-24(23)31(34,35)36)30(42)38-22-11-14-28(40(3)4)26(33)17-22/h5-17H,1-4H3,(H,37,41)(H,38,42). The predicted octanol–water partition coefficient (Wildman–Crippen LogP) is 7.29. The van der Waals surface area contributed by atoms with Gasteiger partial charge in [-0.1, -0.05) is 18.2 Å². The van der Waals surface area contributed by atoms with Crippen LogP contribution in [0.5, 0.6) is 0 Å². The summed E-state index contributed by atoms with van der Waals surface area (Å²) in [6.45, 7) is 0. The molecule has 0 unspecified atom stereocenters. The van der Waals surface area contributed by atoms with E-state index < -0.39 is 35.2 Å². The van der Waals surface area contributed by atoms with Crippen LogP contribution in [0, 0.1) is 11.6 Å². The number of hydrogen-bond acceptors (Lipinski definition) is 4. The van der Waals surface area contributed by atoms with Crippen LogP contribution in [0.2, 0.25) is 0 Å². The molecule has 4 aromatic rings. The van der Waals surface area contributed by atoms with Crippen molar-refractivity contribution in [3.8, 4) is 11.1 Å². The molecule has 0 aromatic heterocycles.